The summed E-state index contributed by atoms with van der Waals surface area (Å²) in [6, 6.07) is 68.6. The molecule has 0 atom stereocenters. The largest absolute Gasteiger partial charge is 0.309 e. The normalized spacial score (nSPS) is 11.6. The van der Waals surface area contributed by atoms with E-state index in [2.05, 4.69) is 174 Å². The van der Waals surface area contributed by atoms with Crippen molar-refractivity contribution in [3.63, 3.8) is 0 Å². The summed E-state index contributed by atoms with van der Waals surface area (Å²) in [7, 11) is 0. The number of hydrogen-bond acceptors (Lipinski definition) is 4. The second-order valence-corrected chi connectivity index (χ2v) is 15.1. The van der Waals surface area contributed by atoms with E-state index < -0.39 is 0 Å². The van der Waals surface area contributed by atoms with E-state index in [9.17, 15) is 0 Å². The van der Waals surface area contributed by atoms with Crippen molar-refractivity contribution in [2.75, 3.05) is 0 Å². The van der Waals surface area contributed by atoms with Crippen molar-refractivity contribution in [2.45, 2.75) is 0 Å². The lowest BCUT2D eigenvalue weighted by molar-refractivity contribution is 1.07. The van der Waals surface area contributed by atoms with Gasteiger partial charge in [0.05, 0.1) is 11.0 Å². The molecule has 0 aliphatic rings. The lowest BCUT2D eigenvalue weighted by Gasteiger charge is -2.12. The van der Waals surface area contributed by atoms with Gasteiger partial charge in [0, 0.05) is 53.3 Å². The highest BCUT2D eigenvalue weighted by Crippen LogP contribution is 2.41. The Labute approximate surface area is 327 Å². The average Bonchev–Trinajstić information content (AvgIpc) is 3.83. The number of fused-ring (bicyclic) bond motifs is 6. The van der Waals surface area contributed by atoms with Gasteiger partial charge in [-0.1, -0.05) is 152 Å². The summed E-state index contributed by atoms with van der Waals surface area (Å²) >= 11 is 1.85. The maximum atomic E-state index is 5.17. The quantitative estimate of drug-likeness (QED) is 0.171. The number of nitrogens with zero attached hydrogens (tertiary/aromatic N) is 4. The van der Waals surface area contributed by atoms with E-state index in [0.29, 0.717) is 17.5 Å². The van der Waals surface area contributed by atoms with Gasteiger partial charge < -0.3 is 4.57 Å². The fraction of sp³-hybridized carbons (Fsp3) is 0. The lowest BCUT2D eigenvalue weighted by atomic mass is 9.99. The first-order valence-electron chi connectivity index (χ1n) is 18.8. The minimum Gasteiger partial charge on any atom is -0.309 e. The zero-order valence-electron chi connectivity index (χ0n) is 30.2. The van der Waals surface area contributed by atoms with Crippen LogP contribution in [0.2, 0.25) is 0 Å². The molecule has 0 bridgehead atoms. The predicted octanol–water partition coefficient (Wildman–Crippen LogP) is 13.7. The van der Waals surface area contributed by atoms with Crippen LogP contribution in [0.5, 0.6) is 0 Å². The van der Waals surface area contributed by atoms with Crippen LogP contribution >= 0.6 is 11.3 Å². The van der Waals surface area contributed by atoms with Gasteiger partial charge in [-0.3, -0.25) is 0 Å². The minimum absolute atomic E-state index is 0.627. The van der Waals surface area contributed by atoms with Crippen molar-refractivity contribution in [1.29, 1.82) is 0 Å². The lowest BCUT2D eigenvalue weighted by Crippen LogP contribution is -2.00. The molecule has 3 heterocycles. The molecule has 0 aliphatic carbocycles. The first-order valence-corrected chi connectivity index (χ1v) is 19.6. The van der Waals surface area contributed by atoms with Crippen LogP contribution in [0.4, 0.5) is 0 Å². The molecule has 56 heavy (non-hydrogen) atoms. The van der Waals surface area contributed by atoms with Crippen LogP contribution in [0.1, 0.15) is 0 Å². The molecule has 0 amide bonds. The molecule has 0 fully saturated rings. The molecule has 0 saturated carbocycles. The number of para-hydroxylation sites is 1. The number of benzene rings is 8. The van der Waals surface area contributed by atoms with Gasteiger partial charge in [-0.25, -0.2) is 15.0 Å². The summed E-state index contributed by atoms with van der Waals surface area (Å²) < 4.78 is 4.99. The Kier molecular flexibility index (Phi) is 7.64. The van der Waals surface area contributed by atoms with E-state index in [1.54, 1.807) is 0 Å². The van der Waals surface area contributed by atoms with E-state index in [1.807, 2.05) is 35.6 Å². The van der Waals surface area contributed by atoms with Crippen molar-refractivity contribution < 1.29 is 0 Å². The molecule has 8 aromatic carbocycles. The van der Waals surface area contributed by atoms with Crippen LogP contribution in [-0.4, -0.2) is 19.5 Å². The van der Waals surface area contributed by atoms with Crippen LogP contribution in [-0.2, 0) is 0 Å². The molecule has 0 N–H and O–H groups in total. The third kappa shape index (κ3) is 5.48. The van der Waals surface area contributed by atoms with Crippen molar-refractivity contribution in [1.82, 2.24) is 19.5 Å². The Morgan fingerprint density at radius 3 is 1.73 bits per heavy atom. The van der Waals surface area contributed by atoms with Gasteiger partial charge in [-0.2, -0.15) is 0 Å². The van der Waals surface area contributed by atoms with Gasteiger partial charge >= 0.3 is 0 Å². The maximum absolute atomic E-state index is 5.17. The summed E-state index contributed by atoms with van der Waals surface area (Å²) in [6.45, 7) is 0. The standard InChI is InChI=1S/C51H32N4S/c1-3-14-33(15-4-1)35-18-11-20-37(30-35)50-52-49(34-16-5-2-6-17-34)53-51(54-50)38-28-29-42-41-22-7-9-25-44(41)55(45(42)32-38)39-21-12-19-36(31-39)40-24-13-27-47-48(40)43-23-8-10-26-46(43)56-47/h1-32H. The average molecular weight is 733 g/mol. The molecule has 262 valence electrons. The number of thiophene rings is 1. The topological polar surface area (TPSA) is 43.6 Å². The molecule has 0 saturated heterocycles. The van der Waals surface area contributed by atoms with Gasteiger partial charge in [0.1, 0.15) is 0 Å². The second-order valence-electron chi connectivity index (χ2n) is 14.0. The number of aromatic nitrogens is 4. The van der Waals surface area contributed by atoms with Gasteiger partial charge in [0.25, 0.3) is 0 Å². The molecule has 5 heteroatoms. The first-order chi connectivity index (χ1) is 27.7. The van der Waals surface area contributed by atoms with Crippen LogP contribution < -0.4 is 0 Å². The van der Waals surface area contributed by atoms with Crippen molar-refractivity contribution in [2.24, 2.45) is 0 Å². The first kappa shape index (κ1) is 32.2. The zero-order valence-corrected chi connectivity index (χ0v) is 31.0. The molecule has 0 aliphatic heterocycles. The molecular weight excluding hydrogens is 701 g/mol. The SMILES string of the molecule is c1ccc(-c2cccc(-c3nc(-c4ccccc4)nc(-c4ccc5c6ccccc6n(-c6cccc(-c7cccc8sc9ccccc9c78)c6)c5c4)n3)c2)cc1. The second kappa shape index (κ2) is 13.3. The molecular formula is C51H32N4S. The summed E-state index contributed by atoms with van der Waals surface area (Å²) in [5, 5.41) is 4.98. The maximum Gasteiger partial charge on any atom is 0.164 e. The third-order valence-electron chi connectivity index (χ3n) is 10.6. The Bertz CT molecular complexity index is 3250. The fourth-order valence-corrected chi connectivity index (χ4v) is 9.17. The third-order valence-corrected chi connectivity index (χ3v) is 11.8. The van der Waals surface area contributed by atoms with Gasteiger partial charge in [0.15, 0.2) is 17.5 Å². The number of hydrogen-bond donors (Lipinski definition) is 0. The van der Waals surface area contributed by atoms with Crippen molar-refractivity contribution >= 4 is 53.3 Å². The molecule has 0 radical (unpaired) electrons. The van der Waals surface area contributed by atoms with Gasteiger partial charge in [-0.05, 0) is 64.7 Å². The Balaban J connectivity index is 1.09. The Morgan fingerprint density at radius 1 is 0.339 bits per heavy atom. The summed E-state index contributed by atoms with van der Waals surface area (Å²) in [6.07, 6.45) is 0. The summed E-state index contributed by atoms with van der Waals surface area (Å²) in [5.74, 6) is 1.90. The van der Waals surface area contributed by atoms with E-state index in [0.717, 1.165) is 44.5 Å². The Morgan fingerprint density at radius 2 is 0.911 bits per heavy atom. The molecule has 0 unspecified atom stereocenters. The minimum atomic E-state index is 0.627. The highest BCUT2D eigenvalue weighted by Gasteiger charge is 2.18. The van der Waals surface area contributed by atoms with Crippen LogP contribution in [0.25, 0.3) is 104 Å². The smallest absolute Gasteiger partial charge is 0.164 e. The van der Waals surface area contributed by atoms with Crippen molar-refractivity contribution in [3.05, 3.63) is 194 Å². The van der Waals surface area contributed by atoms with E-state index in [4.69, 9.17) is 15.0 Å². The van der Waals surface area contributed by atoms with Crippen LogP contribution in [0, 0.1) is 0 Å². The highest BCUT2D eigenvalue weighted by molar-refractivity contribution is 7.25. The molecule has 4 nitrogen and oxygen atoms in total. The molecule has 11 rings (SSSR count). The van der Waals surface area contributed by atoms with Crippen molar-refractivity contribution in [3.8, 4) is 62.1 Å². The van der Waals surface area contributed by atoms with Crippen LogP contribution in [0.3, 0.4) is 0 Å². The zero-order chi connectivity index (χ0) is 37.0. The predicted molar refractivity (Wildman–Crippen MR) is 234 cm³/mol. The highest BCUT2D eigenvalue weighted by atomic mass is 32.1. The van der Waals surface area contributed by atoms with E-state index >= 15 is 0 Å². The summed E-state index contributed by atoms with van der Waals surface area (Å²) in [4.78, 5) is 15.3. The molecule has 3 aromatic heterocycles. The van der Waals surface area contributed by atoms with Crippen LogP contribution in [0.15, 0.2) is 194 Å². The number of rotatable bonds is 6. The molecule has 11 aromatic rings. The Hall–Kier alpha value is -7.21. The fourth-order valence-electron chi connectivity index (χ4n) is 8.03. The van der Waals surface area contributed by atoms with Gasteiger partial charge in [-0.15, -0.1) is 11.3 Å². The van der Waals surface area contributed by atoms with E-state index in [-0.39, 0.29) is 0 Å². The van der Waals surface area contributed by atoms with E-state index in [1.165, 1.54) is 42.1 Å². The molecule has 0 spiro atoms. The van der Waals surface area contributed by atoms with Gasteiger partial charge in [0.2, 0.25) is 0 Å². The monoisotopic (exact) mass is 732 g/mol. The summed E-state index contributed by atoms with van der Waals surface area (Å²) in [5.41, 5.74) is 10.8.